The first kappa shape index (κ1) is 19.9. The van der Waals surface area contributed by atoms with Gasteiger partial charge >= 0.3 is 0 Å². The molecule has 8 heteroatoms. The molecule has 1 atom stereocenters. The number of hydrogen-bond donors (Lipinski definition) is 2. The van der Waals surface area contributed by atoms with Crippen LogP contribution in [0.15, 0.2) is 30.6 Å². The first-order valence-corrected chi connectivity index (χ1v) is 10.2. The predicted octanol–water partition coefficient (Wildman–Crippen LogP) is 3.70. The second-order valence-electron chi connectivity index (χ2n) is 9.05. The van der Waals surface area contributed by atoms with Crippen LogP contribution in [0.4, 0.5) is 11.8 Å². The fourth-order valence-electron chi connectivity index (χ4n) is 3.59. The second-order valence-corrected chi connectivity index (χ2v) is 9.46. The summed E-state index contributed by atoms with van der Waals surface area (Å²) >= 11 is 6.36. The lowest BCUT2D eigenvalue weighted by Crippen LogP contribution is -2.31. The topological polar surface area (TPSA) is 79.1 Å². The summed E-state index contributed by atoms with van der Waals surface area (Å²) in [4.78, 5) is 16.2. The van der Waals surface area contributed by atoms with E-state index in [0.717, 1.165) is 29.1 Å². The van der Waals surface area contributed by atoms with Crippen LogP contribution in [0.3, 0.4) is 0 Å². The van der Waals surface area contributed by atoms with Crippen molar-refractivity contribution in [2.75, 3.05) is 23.3 Å². The summed E-state index contributed by atoms with van der Waals surface area (Å²) in [6.45, 7) is 9.89. The Kier molecular flexibility index (Phi) is 4.91. The van der Waals surface area contributed by atoms with Crippen molar-refractivity contribution in [3.63, 3.8) is 0 Å². The maximum absolute atomic E-state index is 10.4. The molecule has 1 aliphatic heterocycles. The number of aromatic nitrogens is 4. The van der Waals surface area contributed by atoms with E-state index in [2.05, 4.69) is 36.0 Å². The molecular weight excluding hydrogens is 388 g/mol. The molecule has 0 radical (unpaired) electrons. The number of hydrogen-bond acceptors (Lipinski definition) is 6. The molecule has 0 spiro atoms. The maximum Gasteiger partial charge on any atom is 0.227 e. The molecule has 3 aromatic rings. The Morgan fingerprint density at radius 2 is 2.00 bits per heavy atom. The van der Waals surface area contributed by atoms with Crippen LogP contribution in [0.2, 0.25) is 5.02 Å². The molecule has 0 amide bonds. The third-order valence-electron chi connectivity index (χ3n) is 4.98. The normalized spacial score (nSPS) is 19.9. The zero-order valence-electron chi connectivity index (χ0n) is 17.3. The Morgan fingerprint density at radius 1 is 1.24 bits per heavy atom. The third kappa shape index (κ3) is 4.31. The summed E-state index contributed by atoms with van der Waals surface area (Å²) in [5.74, 6) is 1.30. The summed E-state index contributed by atoms with van der Waals surface area (Å²) in [5.41, 5.74) is 1.56. The zero-order valence-corrected chi connectivity index (χ0v) is 18.0. The van der Waals surface area contributed by atoms with Gasteiger partial charge in [0.15, 0.2) is 17.0 Å². The molecule has 1 aromatic carbocycles. The van der Waals surface area contributed by atoms with Gasteiger partial charge in [-0.15, -0.1) is 0 Å². The SMILES string of the molecule is CC1(O)CCN(c2nc(NC(C)(C)C)nc3c2ncn3Cc2ccccc2Cl)C1. The van der Waals surface area contributed by atoms with Crippen molar-refractivity contribution in [2.45, 2.75) is 51.8 Å². The highest BCUT2D eigenvalue weighted by Crippen LogP contribution is 2.31. The van der Waals surface area contributed by atoms with E-state index in [1.165, 1.54) is 0 Å². The smallest absolute Gasteiger partial charge is 0.227 e. The van der Waals surface area contributed by atoms with Crippen molar-refractivity contribution in [1.29, 1.82) is 0 Å². The van der Waals surface area contributed by atoms with Gasteiger partial charge in [0.05, 0.1) is 18.5 Å². The van der Waals surface area contributed by atoms with Gasteiger partial charge in [-0.25, -0.2) is 4.98 Å². The highest BCUT2D eigenvalue weighted by molar-refractivity contribution is 6.31. The number of imidazole rings is 1. The average Bonchev–Trinajstić information content (AvgIpc) is 3.18. The largest absolute Gasteiger partial charge is 0.388 e. The van der Waals surface area contributed by atoms with E-state index < -0.39 is 5.60 Å². The minimum Gasteiger partial charge on any atom is -0.388 e. The van der Waals surface area contributed by atoms with Crippen molar-refractivity contribution < 1.29 is 5.11 Å². The lowest BCUT2D eigenvalue weighted by Gasteiger charge is -2.24. The van der Waals surface area contributed by atoms with Crippen LogP contribution >= 0.6 is 11.6 Å². The fourth-order valence-corrected chi connectivity index (χ4v) is 3.79. The van der Waals surface area contributed by atoms with Gasteiger partial charge < -0.3 is 19.9 Å². The Hall–Kier alpha value is -2.38. The zero-order chi connectivity index (χ0) is 20.8. The Morgan fingerprint density at radius 3 is 2.66 bits per heavy atom. The van der Waals surface area contributed by atoms with Crippen LogP contribution in [0.25, 0.3) is 11.2 Å². The number of benzene rings is 1. The Bertz CT molecular complexity index is 1040. The predicted molar refractivity (Wildman–Crippen MR) is 117 cm³/mol. The van der Waals surface area contributed by atoms with Crippen LogP contribution in [-0.4, -0.2) is 48.9 Å². The summed E-state index contributed by atoms with van der Waals surface area (Å²) in [6.07, 6.45) is 2.47. The lowest BCUT2D eigenvalue weighted by atomic mass is 10.1. The average molecular weight is 415 g/mol. The molecule has 2 N–H and O–H groups in total. The van der Waals surface area contributed by atoms with E-state index in [-0.39, 0.29) is 5.54 Å². The van der Waals surface area contributed by atoms with Gasteiger partial charge in [0.2, 0.25) is 5.95 Å². The highest BCUT2D eigenvalue weighted by atomic mass is 35.5. The number of nitrogens with zero attached hydrogens (tertiary/aromatic N) is 5. The van der Waals surface area contributed by atoms with Gasteiger partial charge in [0, 0.05) is 23.7 Å². The van der Waals surface area contributed by atoms with E-state index in [0.29, 0.717) is 30.5 Å². The third-order valence-corrected chi connectivity index (χ3v) is 5.35. The molecule has 4 rings (SSSR count). The van der Waals surface area contributed by atoms with Crippen LogP contribution < -0.4 is 10.2 Å². The summed E-state index contributed by atoms with van der Waals surface area (Å²) in [5, 5.41) is 14.5. The number of rotatable bonds is 4. The standard InChI is InChI=1S/C21H27ClN6O/c1-20(2,3)26-19-24-17(27-10-9-21(4,29)12-27)16-18(25-19)28(13-23-16)11-14-7-5-6-8-15(14)22/h5-8,13,29H,9-12H2,1-4H3,(H,24,25,26). The minimum atomic E-state index is -0.727. The number of halogens is 1. The number of fused-ring (bicyclic) bond motifs is 1. The molecular formula is C21H27ClN6O. The van der Waals surface area contributed by atoms with E-state index in [1.54, 1.807) is 6.33 Å². The van der Waals surface area contributed by atoms with Gasteiger partial charge in [-0.3, -0.25) is 0 Å². The summed E-state index contributed by atoms with van der Waals surface area (Å²) in [6, 6.07) is 7.78. The Labute approximate surface area is 175 Å². The molecule has 1 saturated heterocycles. The second kappa shape index (κ2) is 7.15. The maximum atomic E-state index is 10.4. The van der Waals surface area contributed by atoms with Gasteiger partial charge in [-0.2, -0.15) is 9.97 Å². The molecule has 1 fully saturated rings. The van der Waals surface area contributed by atoms with Crippen LogP contribution in [0, 0.1) is 0 Å². The van der Waals surface area contributed by atoms with Crippen molar-refractivity contribution in [1.82, 2.24) is 19.5 Å². The number of aliphatic hydroxyl groups is 1. The van der Waals surface area contributed by atoms with Crippen LogP contribution in [0.5, 0.6) is 0 Å². The van der Waals surface area contributed by atoms with E-state index in [1.807, 2.05) is 35.8 Å². The lowest BCUT2D eigenvalue weighted by molar-refractivity contribution is 0.0839. The molecule has 1 aliphatic rings. The summed E-state index contributed by atoms with van der Waals surface area (Å²) < 4.78 is 1.99. The molecule has 7 nitrogen and oxygen atoms in total. The first-order chi connectivity index (χ1) is 13.6. The van der Waals surface area contributed by atoms with E-state index in [4.69, 9.17) is 21.6 Å². The first-order valence-electron chi connectivity index (χ1n) is 9.83. The van der Waals surface area contributed by atoms with Crippen LogP contribution in [-0.2, 0) is 6.54 Å². The minimum absolute atomic E-state index is 0.185. The fraction of sp³-hybridized carbons (Fsp3) is 0.476. The molecule has 3 heterocycles. The number of nitrogens with one attached hydrogen (secondary N) is 1. The molecule has 154 valence electrons. The van der Waals surface area contributed by atoms with Crippen molar-refractivity contribution in [3.8, 4) is 0 Å². The van der Waals surface area contributed by atoms with Gasteiger partial charge in [0.25, 0.3) is 0 Å². The van der Waals surface area contributed by atoms with Crippen molar-refractivity contribution in [3.05, 3.63) is 41.2 Å². The number of β-amino-alcohol motifs (C(OH)–C–C–N with tert-alkyl or cyclic N) is 1. The van der Waals surface area contributed by atoms with Gasteiger partial charge in [-0.1, -0.05) is 29.8 Å². The Balaban J connectivity index is 1.80. The van der Waals surface area contributed by atoms with Crippen molar-refractivity contribution >= 4 is 34.5 Å². The van der Waals surface area contributed by atoms with Gasteiger partial charge in [0.1, 0.15) is 0 Å². The van der Waals surface area contributed by atoms with Crippen LogP contribution in [0.1, 0.15) is 39.7 Å². The number of anilines is 2. The van der Waals surface area contributed by atoms with E-state index in [9.17, 15) is 5.11 Å². The van der Waals surface area contributed by atoms with E-state index >= 15 is 0 Å². The van der Waals surface area contributed by atoms with Gasteiger partial charge in [-0.05, 0) is 45.7 Å². The highest BCUT2D eigenvalue weighted by Gasteiger charge is 2.34. The molecule has 0 saturated carbocycles. The molecule has 0 aliphatic carbocycles. The molecule has 2 aromatic heterocycles. The monoisotopic (exact) mass is 414 g/mol. The quantitative estimate of drug-likeness (QED) is 0.677. The molecule has 1 unspecified atom stereocenters. The van der Waals surface area contributed by atoms with Crippen molar-refractivity contribution in [2.24, 2.45) is 0 Å². The molecule has 29 heavy (non-hydrogen) atoms. The summed E-state index contributed by atoms with van der Waals surface area (Å²) in [7, 11) is 0. The molecule has 0 bridgehead atoms.